The van der Waals surface area contributed by atoms with Crippen molar-refractivity contribution in [2.75, 3.05) is 10.6 Å². The van der Waals surface area contributed by atoms with Gasteiger partial charge in [0.1, 0.15) is 0 Å². The fraction of sp³-hybridized carbons (Fsp3) is 0.300. The first-order valence-corrected chi connectivity index (χ1v) is 9.58. The molecule has 0 radical (unpaired) electrons. The van der Waals surface area contributed by atoms with Crippen molar-refractivity contribution in [1.29, 1.82) is 0 Å². The summed E-state index contributed by atoms with van der Waals surface area (Å²) in [6.07, 6.45) is 0. The normalized spacial score (nSPS) is 12.1. The van der Waals surface area contributed by atoms with Crippen molar-refractivity contribution in [1.82, 2.24) is 0 Å². The highest BCUT2D eigenvalue weighted by molar-refractivity contribution is 8.00. The number of nitrogens with zero attached hydrogens (tertiary/aromatic N) is 1. The summed E-state index contributed by atoms with van der Waals surface area (Å²) >= 11 is 1.31. The molecule has 1 atom stereocenters. The molecule has 28 heavy (non-hydrogen) atoms. The Morgan fingerprint density at radius 3 is 2.14 bits per heavy atom. The van der Waals surface area contributed by atoms with Crippen LogP contribution < -0.4 is 10.6 Å². The van der Waals surface area contributed by atoms with Crippen LogP contribution in [0.3, 0.4) is 0 Å². The first-order chi connectivity index (χ1) is 13.1. The molecule has 0 aliphatic carbocycles. The van der Waals surface area contributed by atoms with Gasteiger partial charge in [0.15, 0.2) is 0 Å². The Bertz CT molecular complexity index is 876. The summed E-state index contributed by atoms with van der Waals surface area (Å²) in [6, 6.07) is 13.0. The van der Waals surface area contributed by atoms with Crippen LogP contribution in [-0.2, 0) is 9.59 Å². The summed E-state index contributed by atoms with van der Waals surface area (Å²) < 4.78 is 0. The lowest BCUT2D eigenvalue weighted by Crippen LogP contribution is -2.27. The number of hydrogen-bond acceptors (Lipinski definition) is 5. The third-order valence-corrected chi connectivity index (χ3v) is 4.91. The van der Waals surface area contributed by atoms with Crippen molar-refractivity contribution in [2.24, 2.45) is 5.41 Å². The maximum absolute atomic E-state index is 12.5. The van der Waals surface area contributed by atoms with Gasteiger partial charge in [0.05, 0.1) is 10.2 Å². The monoisotopic (exact) mass is 401 g/mol. The molecule has 0 heterocycles. The Labute approximate surface area is 168 Å². The molecule has 2 N–H and O–H groups in total. The van der Waals surface area contributed by atoms with E-state index >= 15 is 0 Å². The molecule has 0 fully saturated rings. The predicted octanol–water partition coefficient (Wildman–Crippen LogP) is 4.70. The number of amides is 2. The number of nitro benzene ring substituents is 1. The highest BCUT2D eigenvalue weighted by atomic mass is 32.2. The molecule has 0 spiro atoms. The van der Waals surface area contributed by atoms with E-state index in [1.54, 1.807) is 43.3 Å². The Hall–Kier alpha value is -2.87. The van der Waals surface area contributed by atoms with Gasteiger partial charge in [-0.3, -0.25) is 19.7 Å². The van der Waals surface area contributed by atoms with Gasteiger partial charge in [0.25, 0.3) is 5.69 Å². The fourth-order valence-electron chi connectivity index (χ4n) is 2.14. The quantitative estimate of drug-likeness (QED) is 0.415. The highest BCUT2D eigenvalue weighted by Crippen LogP contribution is 2.27. The van der Waals surface area contributed by atoms with Gasteiger partial charge in [-0.25, -0.2) is 0 Å². The Morgan fingerprint density at radius 1 is 1.04 bits per heavy atom. The van der Waals surface area contributed by atoms with Crippen molar-refractivity contribution < 1.29 is 14.5 Å². The lowest BCUT2D eigenvalue weighted by atomic mass is 9.95. The highest BCUT2D eigenvalue weighted by Gasteiger charge is 2.21. The van der Waals surface area contributed by atoms with E-state index in [1.165, 1.54) is 23.9 Å². The average Bonchev–Trinajstić information content (AvgIpc) is 2.61. The first-order valence-electron chi connectivity index (χ1n) is 8.70. The largest absolute Gasteiger partial charge is 0.326 e. The van der Waals surface area contributed by atoms with Crippen LogP contribution in [-0.4, -0.2) is 22.0 Å². The van der Waals surface area contributed by atoms with Gasteiger partial charge in [-0.1, -0.05) is 26.8 Å². The zero-order valence-corrected chi connectivity index (χ0v) is 17.0. The maximum Gasteiger partial charge on any atom is 0.269 e. The van der Waals surface area contributed by atoms with E-state index in [0.717, 1.165) is 4.90 Å². The van der Waals surface area contributed by atoms with Crippen molar-refractivity contribution in [3.05, 3.63) is 58.6 Å². The van der Waals surface area contributed by atoms with E-state index in [2.05, 4.69) is 10.6 Å². The van der Waals surface area contributed by atoms with E-state index in [9.17, 15) is 19.7 Å². The fourth-order valence-corrected chi connectivity index (χ4v) is 3.01. The minimum absolute atomic E-state index is 0.00979. The predicted molar refractivity (Wildman–Crippen MR) is 112 cm³/mol. The number of rotatable bonds is 6. The van der Waals surface area contributed by atoms with Gasteiger partial charge in [-0.05, 0) is 37.3 Å². The van der Waals surface area contributed by atoms with Gasteiger partial charge in [-0.15, -0.1) is 11.8 Å². The Balaban J connectivity index is 1.99. The van der Waals surface area contributed by atoms with E-state index in [1.807, 2.05) is 20.8 Å². The topological polar surface area (TPSA) is 101 Å². The molecule has 7 nitrogen and oxygen atoms in total. The van der Waals surface area contributed by atoms with E-state index in [4.69, 9.17) is 0 Å². The van der Waals surface area contributed by atoms with Crippen LogP contribution in [0.2, 0.25) is 0 Å². The summed E-state index contributed by atoms with van der Waals surface area (Å²) in [5.41, 5.74) is 0.673. The lowest BCUT2D eigenvalue weighted by molar-refractivity contribution is -0.384. The molecule has 0 aliphatic rings. The standard InChI is InChI=1S/C20H23N3O4S/c1-13(28-17-10-8-16(9-11-17)23(26)27)18(24)21-14-6-5-7-15(12-14)22-19(25)20(2,3)4/h5-13H,1-4H3,(H,21,24)(H,22,25). The number of carbonyl (C=O) groups excluding carboxylic acids is 2. The van der Waals surface area contributed by atoms with Crippen LogP contribution >= 0.6 is 11.8 Å². The second-order valence-electron chi connectivity index (χ2n) is 7.29. The van der Waals surface area contributed by atoms with Crippen molar-refractivity contribution in [3.63, 3.8) is 0 Å². The number of nitrogens with one attached hydrogen (secondary N) is 2. The molecule has 0 aliphatic heterocycles. The number of nitro groups is 1. The Kier molecular flexibility index (Phi) is 6.80. The number of thioether (sulfide) groups is 1. The van der Waals surface area contributed by atoms with Crippen LogP contribution in [0.4, 0.5) is 17.1 Å². The lowest BCUT2D eigenvalue weighted by Gasteiger charge is -2.18. The minimum Gasteiger partial charge on any atom is -0.326 e. The van der Waals surface area contributed by atoms with Crippen LogP contribution in [0.5, 0.6) is 0 Å². The summed E-state index contributed by atoms with van der Waals surface area (Å²) in [7, 11) is 0. The zero-order valence-electron chi connectivity index (χ0n) is 16.2. The number of hydrogen-bond donors (Lipinski definition) is 2. The molecule has 2 aromatic carbocycles. The summed E-state index contributed by atoms with van der Waals surface area (Å²) in [5.74, 6) is -0.319. The molecule has 8 heteroatoms. The van der Waals surface area contributed by atoms with Gasteiger partial charge >= 0.3 is 0 Å². The van der Waals surface area contributed by atoms with E-state index in [0.29, 0.717) is 11.4 Å². The maximum atomic E-state index is 12.5. The van der Waals surface area contributed by atoms with Gasteiger partial charge in [-0.2, -0.15) is 0 Å². The van der Waals surface area contributed by atoms with Crippen molar-refractivity contribution >= 4 is 40.6 Å². The van der Waals surface area contributed by atoms with E-state index < -0.39 is 15.6 Å². The van der Waals surface area contributed by atoms with Crippen molar-refractivity contribution in [2.45, 2.75) is 37.8 Å². The average molecular weight is 401 g/mol. The molecular formula is C20H23N3O4S. The minimum atomic E-state index is -0.519. The molecular weight excluding hydrogens is 378 g/mol. The van der Waals surface area contributed by atoms with Crippen LogP contribution in [0, 0.1) is 15.5 Å². The smallest absolute Gasteiger partial charge is 0.269 e. The third-order valence-electron chi connectivity index (χ3n) is 3.80. The SMILES string of the molecule is CC(Sc1ccc([N+](=O)[O-])cc1)C(=O)Nc1cccc(NC(=O)C(C)(C)C)c1. The van der Waals surface area contributed by atoms with Crippen LogP contribution in [0.25, 0.3) is 0 Å². The molecule has 0 aromatic heterocycles. The second kappa shape index (κ2) is 8.88. The summed E-state index contributed by atoms with van der Waals surface area (Å²) in [5, 5.41) is 15.9. The molecule has 2 rings (SSSR count). The molecule has 0 bridgehead atoms. The van der Waals surface area contributed by atoms with Gasteiger partial charge < -0.3 is 10.6 Å². The number of carbonyl (C=O) groups is 2. The number of non-ortho nitro benzene ring substituents is 1. The molecule has 2 aromatic rings. The molecule has 0 saturated carbocycles. The second-order valence-corrected chi connectivity index (χ2v) is 8.70. The van der Waals surface area contributed by atoms with Crippen LogP contribution in [0.1, 0.15) is 27.7 Å². The summed E-state index contributed by atoms with van der Waals surface area (Å²) in [6.45, 7) is 7.23. The number of benzene rings is 2. The molecule has 2 amide bonds. The number of anilines is 2. The summed E-state index contributed by atoms with van der Waals surface area (Å²) in [4.78, 5) is 35.6. The molecule has 148 valence electrons. The molecule has 1 unspecified atom stereocenters. The molecule has 0 saturated heterocycles. The Morgan fingerprint density at radius 2 is 1.61 bits per heavy atom. The first kappa shape index (κ1) is 21.4. The van der Waals surface area contributed by atoms with Gasteiger partial charge in [0.2, 0.25) is 11.8 Å². The van der Waals surface area contributed by atoms with E-state index in [-0.39, 0.29) is 17.5 Å². The zero-order chi connectivity index (χ0) is 20.9. The van der Waals surface area contributed by atoms with Crippen molar-refractivity contribution in [3.8, 4) is 0 Å². The van der Waals surface area contributed by atoms with Gasteiger partial charge in [0, 0.05) is 33.8 Å². The third kappa shape index (κ3) is 6.09. The van der Waals surface area contributed by atoms with Crippen LogP contribution in [0.15, 0.2) is 53.4 Å².